The van der Waals surface area contributed by atoms with Gasteiger partial charge in [-0.05, 0) is 6.07 Å². The normalized spacial score (nSPS) is 14.5. The number of fused-ring (bicyclic) bond motifs is 1. The molecule has 0 saturated carbocycles. The first-order valence-electron chi connectivity index (χ1n) is 3.10. The van der Waals surface area contributed by atoms with Crippen LogP contribution in [0.4, 0.5) is 0 Å². The van der Waals surface area contributed by atoms with Crippen molar-refractivity contribution in [1.82, 2.24) is 4.98 Å². The van der Waals surface area contributed by atoms with E-state index in [0.29, 0.717) is 17.5 Å². The maximum Gasteiger partial charge on any atom is 0.357 e. The zero-order chi connectivity index (χ0) is 7.84. The summed E-state index contributed by atoms with van der Waals surface area (Å²) in [5, 5.41) is 0.322. The van der Waals surface area contributed by atoms with Crippen molar-refractivity contribution >= 4 is 17.6 Å². The second-order valence-corrected chi connectivity index (χ2v) is 2.61. The average molecular weight is 170 g/mol. The van der Waals surface area contributed by atoms with Crippen molar-refractivity contribution in [1.29, 1.82) is 0 Å². The van der Waals surface area contributed by atoms with Gasteiger partial charge in [-0.1, -0.05) is 17.7 Å². The van der Waals surface area contributed by atoms with Crippen molar-refractivity contribution < 1.29 is 9.53 Å². The standard InChI is InChI=1S/C7H4ClNO2/c8-5-2-1-4-3-11-7(10)6(4)9-5/h1-2H,3H2. The molecule has 11 heavy (non-hydrogen) atoms. The van der Waals surface area contributed by atoms with E-state index in [2.05, 4.69) is 4.98 Å². The van der Waals surface area contributed by atoms with Gasteiger partial charge >= 0.3 is 5.97 Å². The number of rotatable bonds is 0. The predicted molar refractivity (Wildman–Crippen MR) is 38.4 cm³/mol. The molecule has 0 saturated heterocycles. The Morgan fingerprint density at radius 3 is 3.18 bits per heavy atom. The molecule has 0 aliphatic carbocycles. The highest BCUT2D eigenvalue weighted by Crippen LogP contribution is 2.19. The predicted octanol–water partition coefficient (Wildman–Crippen LogP) is 1.41. The Morgan fingerprint density at radius 1 is 1.55 bits per heavy atom. The highest BCUT2D eigenvalue weighted by atomic mass is 35.5. The van der Waals surface area contributed by atoms with Gasteiger partial charge in [-0.2, -0.15) is 0 Å². The summed E-state index contributed by atoms with van der Waals surface area (Å²) in [5.74, 6) is -0.387. The number of hydrogen-bond acceptors (Lipinski definition) is 3. The Hall–Kier alpha value is -1.09. The number of aromatic nitrogens is 1. The van der Waals surface area contributed by atoms with Crippen molar-refractivity contribution in [3.63, 3.8) is 0 Å². The third-order valence-corrected chi connectivity index (χ3v) is 1.71. The lowest BCUT2D eigenvalue weighted by Gasteiger charge is -1.91. The molecule has 3 nitrogen and oxygen atoms in total. The van der Waals surface area contributed by atoms with Crippen LogP contribution < -0.4 is 0 Å². The molecule has 4 heteroatoms. The maximum absolute atomic E-state index is 10.9. The van der Waals surface area contributed by atoms with Crippen LogP contribution in [0.15, 0.2) is 12.1 Å². The van der Waals surface area contributed by atoms with Crippen LogP contribution >= 0.6 is 11.6 Å². The average Bonchev–Trinajstić information content (AvgIpc) is 2.33. The molecule has 1 aromatic heterocycles. The van der Waals surface area contributed by atoms with Crippen LogP contribution in [0, 0.1) is 0 Å². The molecule has 2 heterocycles. The van der Waals surface area contributed by atoms with E-state index in [9.17, 15) is 4.79 Å². The number of carbonyl (C=O) groups excluding carboxylic acids is 1. The number of esters is 1. The van der Waals surface area contributed by atoms with Crippen LogP contribution in [0.3, 0.4) is 0 Å². The molecule has 0 N–H and O–H groups in total. The zero-order valence-electron chi connectivity index (χ0n) is 5.50. The van der Waals surface area contributed by atoms with Crippen molar-refractivity contribution in [3.05, 3.63) is 28.5 Å². The van der Waals surface area contributed by atoms with E-state index < -0.39 is 0 Å². The highest BCUT2D eigenvalue weighted by molar-refractivity contribution is 6.29. The van der Waals surface area contributed by atoms with Crippen LogP contribution in [-0.4, -0.2) is 11.0 Å². The first kappa shape index (κ1) is 6.61. The van der Waals surface area contributed by atoms with Gasteiger partial charge in [0.05, 0.1) is 0 Å². The summed E-state index contributed by atoms with van der Waals surface area (Å²) < 4.78 is 4.72. The molecule has 2 rings (SSSR count). The quantitative estimate of drug-likeness (QED) is 0.435. The third kappa shape index (κ3) is 0.973. The van der Waals surface area contributed by atoms with Gasteiger partial charge in [0, 0.05) is 5.56 Å². The van der Waals surface area contributed by atoms with E-state index in [4.69, 9.17) is 16.3 Å². The Bertz CT molecular complexity index is 324. The monoisotopic (exact) mass is 169 g/mol. The van der Waals surface area contributed by atoms with Crippen molar-refractivity contribution in [2.24, 2.45) is 0 Å². The number of ether oxygens (including phenoxy) is 1. The van der Waals surface area contributed by atoms with Crippen LogP contribution in [0.5, 0.6) is 0 Å². The number of carbonyl (C=O) groups is 1. The molecule has 1 aliphatic rings. The summed E-state index contributed by atoms with van der Waals surface area (Å²) in [6, 6.07) is 3.39. The van der Waals surface area contributed by atoms with Gasteiger partial charge in [-0.15, -0.1) is 0 Å². The van der Waals surface area contributed by atoms with Crippen molar-refractivity contribution in [2.75, 3.05) is 0 Å². The number of pyridine rings is 1. The molecule has 0 unspecified atom stereocenters. The number of halogens is 1. The molecule has 0 atom stereocenters. The second-order valence-electron chi connectivity index (χ2n) is 2.22. The van der Waals surface area contributed by atoms with E-state index >= 15 is 0 Å². The summed E-state index contributed by atoms with van der Waals surface area (Å²) in [6.45, 7) is 0.318. The van der Waals surface area contributed by atoms with E-state index in [0.717, 1.165) is 5.56 Å². The van der Waals surface area contributed by atoms with E-state index in [1.807, 2.05) is 0 Å². The van der Waals surface area contributed by atoms with Crippen LogP contribution in [0.2, 0.25) is 5.15 Å². The lowest BCUT2D eigenvalue weighted by molar-refractivity contribution is 0.0531. The second kappa shape index (κ2) is 2.20. The Labute approximate surface area is 68.0 Å². The van der Waals surface area contributed by atoms with E-state index in [1.165, 1.54) is 0 Å². The number of nitrogens with zero attached hydrogens (tertiary/aromatic N) is 1. The van der Waals surface area contributed by atoms with Gasteiger partial charge < -0.3 is 4.74 Å². The lowest BCUT2D eigenvalue weighted by atomic mass is 10.2. The molecule has 0 radical (unpaired) electrons. The zero-order valence-corrected chi connectivity index (χ0v) is 6.26. The molecule has 0 aromatic carbocycles. The first-order valence-corrected chi connectivity index (χ1v) is 3.48. The summed E-state index contributed by atoms with van der Waals surface area (Å²) in [6.07, 6.45) is 0. The van der Waals surface area contributed by atoms with Crippen LogP contribution in [0.1, 0.15) is 16.1 Å². The molecule has 0 spiro atoms. The fourth-order valence-corrected chi connectivity index (χ4v) is 1.12. The minimum Gasteiger partial charge on any atom is -0.456 e. The van der Waals surface area contributed by atoms with E-state index in [1.54, 1.807) is 12.1 Å². The Balaban J connectivity index is 2.60. The van der Waals surface area contributed by atoms with Gasteiger partial charge in [0.15, 0.2) is 5.69 Å². The highest BCUT2D eigenvalue weighted by Gasteiger charge is 2.22. The van der Waals surface area contributed by atoms with Gasteiger partial charge in [0.25, 0.3) is 0 Å². The van der Waals surface area contributed by atoms with Crippen molar-refractivity contribution in [3.8, 4) is 0 Å². The van der Waals surface area contributed by atoms with Gasteiger partial charge in [0.1, 0.15) is 11.8 Å². The third-order valence-electron chi connectivity index (χ3n) is 1.50. The van der Waals surface area contributed by atoms with Gasteiger partial charge in [-0.3, -0.25) is 0 Å². The number of cyclic esters (lactones) is 1. The Kier molecular flexibility index (Phi) is 1.32. The van der Waals surface area contributed by atoms with Gasteiger partial charge in [0.2, 0.25) is 0 Å². The number of hydrogen-bond donors (Lipinski definition) is 0. The smallest absolute Gasteiger partial charge is 0.357 e. The van der Waals surface area contributed by atoms with Crippen molar-refractivity contribution in [2.45, 2.75) is 6.61 Å². The molecule has 56 valence electrons. The maximum atomic E-state index is 10.9. The molecular weight excluding hydrogens is 166 g/mol. The van der Waals surface area contributed by atoms with E-state index in [-0.39, 0.29) is 5.97 Å². The largest absolute Gasteiger partial charge is 0.456 e. The SMILES string of the molecule is O=C1OCc2ccc(Cl)nc21. The molecule has 1 aliphatic heterocycles. The van der Waals surface area contributed by atoms with Crippen LogP contribution in [-0.2, 0) is 11.3 Å². The molecule has 1 aromatic rings. The minimum absolute atomic E-state index is 0.318. The summed E-state index contributed by atoms with van der Waals surface area (Å²) in [7, 11) is 0. The summed E-state index contributed by atoms with van der Waals surface area (Å²) in [4.78, 5) is 14.7. The Morgan fingerprint density at radius 2 is 2.36 bits per heavy atom. The topological polar surface area (TPSA) is 39.2 Å². The molecule has 0 amide bonds. The fraction of sp³-hybridized carbons (Fsp3) is 0.143. The van der Waals surface area contributed by atoms with Crippen LogP contribution in [0.25, 0.3) is 0 Å². The summed E-state index contributed by atoms with van der Waals surface area (Å²) in [5.41, 5.74) is 1.15. The summed E-state index contributed by atoms with van der Waals surface area (Å²) >= 11 is 5.57. The van der Waals surface area contributed by atoms with Gasteiger partial charge in [-0.25, -0.2) is 9.78 Å². The first-order chi connectivity index (χ1) is 5.27. The lowest BCUT2D eigenvalue weighted by Crippen LogP contribution is -1.96. The molecule has 0 bridgehead atoms. The molecular formula is C7H4ClNO2. The molecule has 0 fully saturated rings. The minimum atomic E-state index is -0.387. The fourth-order valence-electron chi connectivity index (χ4n) is 0.969.